The van der Waals surface area contributed by atoms with Gasteiger partial charge in [-0.05, 0) is 57.4 Å². The van der Waals surface area contributed by atoms with Gasteiger partial charge in [-0.3, -0.25) is 4.79 Å². The molecule has 2 aliphatic rings. The van der Waals surface area contributed by atoms with Crippen molar-refractivity contribution in [2.75, 3.05) is 20.2 Å². The highest BCUT2D eigenvalue weighted by Crippen LogP contribution is 2.47. The summed E-state index contributed by atoms with van der Waals surface area (Å²) >= 11 is 0. The predicted molar refractivity (Wildman–Crippen MR) is 90.7 cm³/mol. The van der Waals surface area contributed by atoms with Crippen LogP contribution in [0.5, 0.6) is 5.75 Å². The Bertz CT molecular complexity index is 666. The van der Waals surface area contributed by atoms with Crippen molar-refractivity contribution in [2.24, 2.45) is 0 Å². The minimum atomic E-state index is -0.491. The molecule has 1 spiro atoms. The smallest absolute Gasteiger partial charge is 0.410 e. The molecule has 1 aromatic carbocycles. The van der Waals surface area contributed by atoms with Gasteiger partial charge in [-0.1, -0.05) is 0 Å². The monoisotopic (exact) mass is 331 g/mol. The minimum Gasteiger partial charge on any atom is -0.497 e. The Morgan fingerprint density at radius 3 is 2.46 bits per heavy atom. The SMILES string of the molecule is COc1ccc2c(c1)C1(CCN(C(=O)OC(C)(C)C)CC1)CC2=O. The van der Waals surface area contributed by atoms with Gasteiger partial charge in [-0.2, -0.15) is 0 Å². The Morgan fingerprint density at radius 1 is 1.21 bits per heavy atom. The van der Waals surface area contributed by atoms with E-state index in [1.165, 1.54) is 0 Å². The summed E-state index contributed by atoms with van der Waals surface area (Å²) in [6, 6.07) is 5.69. The number of rotatable bonds is 1. The van der Waals surface area contributed by atoms with Crippen LogP contribution in [0.3, 0.4) is 0 Å². The van der Waals surface area contributed by atoms with Gasteiger partial charge in [0.2, 0.25) is 0 Å². The molecule has 0 N–H and O–H groups in total. The Morgan fingerprint density at radius 2 is 1.88 bits per heavy atom. The summed E-state index contributed by atoms with van der Waals surface area (Å²) in [5.41, 5.74) is 1.23. The first-order valence-corrected chi connectivity index (χ1v) is 8.44. The van der Waals surface area contributed by atoms with Gasteiger partial charge in [0.25, 0.3) is 0 Å². The van der Waals surface area contributed by atoms with Crippen LogP contribution >= 0.6 is 0 Å². The average Bonchev–Trinajstić information content (AvgIpc) is 2.78. The van der Waals surface area contributed by atoms with Crippen LogP contribution in [0.2, 0.25) is 0 Å². The third-order valence-electron chi connectivity index (χ3n) is 4.97. The summed E-state index contributed by atoms with van der Waals surface area (Å²) in [6.45, 7) is 6.83. The number of methoxy groups -OCH3 is 1. The van der Waals surface area contributed by atoms with E-state index in [1.54, 1.807) is 12.0 Å². The zero-order chi connectivity index (χ0) is 17.5. The maximum Gasteiger partial charge on any atom is 0.410 e. The number of nitrogens with zero attached hydrogens (tertiary/aromatic N) is 1. The van der Waals surface area contributed by atoms with E-state index in [2.05, 4.69) is 0 Å². The van der Waals surface area contributed by atoms with Gasteiger partial charge in [0, 0.05) is 30.5 Å². The molecule has 1 aromatic rings. The molecular weight excluding hydrogens is 306 g/mol. The molecule has 0 atom stereocenters. The topological polar surface area (TPSA) is 55.8 Å². The van der Waals surface area contributed by atoms with Gasteiger partial charge in [0.05, 0.1) is 7.11 Å². The van der Waals surface area contributed by atoms with Crippen molar-refractivity contribution < 1.29 is 19.1 Å². The number of hydrogen-bond acceptors (Lipinski definition) is 4. The number of ether oxygens (including phenoxy) is 2. The summed E-state index contributed by atoms with van der Waals surface area (Å²) in [5, 5.41) is 0. The third kappa shape index (κ3) is 2.99. The van der Waals surface area contributed by atoms with Gasteiger partial charge in [-0.15, -0.1) is 0 Å². The lowest BCUT2D eigenvalue weighted by Gasteiger charge is -2.40. The molecule has 1 aliphatic heterocycles. The summed E-state index contributed by atoms with van der Waals surface area (Å²) in [4.78, 5) is 26.4. The normalized spacial score (nSPS) is 19.3. The highest BCUT2D eigenvalue weighted by molar-refractivity contribution is 6.02. The molecule has 1 amide bonds. The highest BCUT2D eigenvalue weighted by Gasteiger charge is 2.46. The Balaban J connectivity index is 1.77. The van der Waals surface area contributed by atoms with E-state index in [4.69, 9.17) is 9.47 Å². The van der Waals surface area contributed by atoms with Crippen LogP contribution in [0.15, 0.2) is 18.2 Å². The van der Waals surface area contributed by atoms with Crippen molar-refractivity contribution in [1.82, 2.24) is 4.90 Å². The zero-order valence-electron chi connectivity index (χ0n) is 14.8. The van der Waals surface area contributed by atoms with Crippen LogP contribution in [-0.2, 0) is 10.2 Å². The molecule has 1 heterocycles. The molecule has 1 fully saturated rings. The van der Waals surface area contributed by atoms with Crippen molar-refractivity contribution >= 4 is 11.9 Å². The van der Waals surface area contributed by atoms with E-state index < -0.39 is 5.60 Å². The Labute approximate surface area is 142 Å². The molecule has 3 rings (SSSR count). The molecule has 5 heteroatoms. The largest absolute Gasteiger partial charge is 0.497 e. The Hall–Kier alpha value is -2.04. The Kier molecular flexibility index (Phi) is 4.06. The van der Waals surface area contributed by atoms with Gasteiger partial charge in [0.15, 0.2) is 5.78 Å². The zero-order valence-corrected chi connectivity index (χ0v) is 14.8. The van der Waals surface area contributed by atoms with Crippen LogP contribution in [0, 0.1) is 0 Å². The van der Waals surface area contributed by atoms with E-state index in [9.17, 15) is 9.59 Å². The number of Topliss-reactive ketones (excluding diaryl/α,β-unsaturated/α-hetero) is 1. The van der Waals surface area contributed by atoms with Crippen molar-refractivity contribution in [3.05, 3.63) is 29.3 Å². The van der Waals surface area contributed by atoms with Crippen molar-refractivity contribution in [1.29, 1.82) is 0 Å². The molecule has 0 aromatic heterocycles. The van der Waals surface area contributed by atoms with E-state index >= 15 is 0 Å². The first-order valence-electron chi connectivity index (χ1n) is 8.44. The average molecular weight is 331 g/mol. The van der Waals surface area contributed by atoms with Gasteiger partial charge < -0.3 is 14.4 Å². The molecule has 0 unspecified atom stereocenters. The molecule has 1 saturated heterocycles. The van der Waals surface area contributed by atoms with Crippen LogP contribution in [0.1, 0.15) is 56.0 Å². The number of likely N-dealkylation sites (tertiary alicyclic amines) is 1. The number of benzene rings is 1. The lowest BCUT2D eigenvalue weighted by molar-refractivity contribution is 0.0165. The van der Waals surface area contributed by atoms with Gasteiger partial charge in [0.1, 0.15) is 11.4 Å². The second-order valence-corrected chi connectivity index (χ2v) is 7.76. The summed E-state index contributed by atoms with van der Waals surface area (Å²) < 4.78 is 10.8. The molecule has 1 aliphatic carbocycles. The van der Waals surface area contributed by atoms with Crippen LogP contribution in [0.4, 0.5) is 4.79 Å². The quantitative estimate of drug-likeness (QED) is 0.790. The number of amides is 1. The summed E-state index contributed by atoms with van der Waals surface area (Å²) in [7, 11) is 1.64. The molecule has 130 valence electrons. The fourth-order valence-electron chi connectivity index (χ4n) is 3.72. The summed E-state index contributed by atoms with van der Waals surface area (Å²) in [5.74, 6) is 0.968. The second-order valence-electron chi connectivity index (χ2n) is 7.76. The molecule has 24 heavy (non-hydrogen) atoms. The molecule has 5 nitrogen and oxygen atoms in total. The number of carbonyl (C=O) groups is 2. The number of ketones is 1. The maximum atomic E-state index is 12.4. The molecule has 0 bridgehead atoms. The minimum absolute atomic E-state index is 0.167. The molecular formula is C19H25NO4. The molecule has 0 saturated carbocycles. The third-order valence-corrected chi connectivity index (χ3v) is 4.97. The van der Waals surface area contributed by atoms with Gasteiger partial charge in [-0.25, -0.2) is 4.79 Å². The van der Waals surface area contributed by atoms with E-state index in [1.807, 2.05) is 39.0 Å². The highest BCUT2D eigenvalue weighted by atomic mass is 16.6. The second kappa shape index (κ2) is 5.80. The van der Waals surface area contributed by atoms with Gasteiger partial charge >= 0.3 is 6.09 Å². The number of carbonyl (C=O) groups excluding carboxylic acids is 2. The standard InChI is InChI=1S/C19H25NO4/c1-18(2,3)24-17(22)20-9-7-19(8-10-20)12-16(21)14-6-5-13(23-4)11-15(14)19/h5-6,11H,7-10,12H2,1-4H3. The van der Waals surface area contributed by atoms with E-state index in [-0.39, 0.29) is 17.3 Å². The maximum absolute atomic E-state index is 12.4. The van der Waals surface area contributed by atoms with Crippen LogP contribution < -0.4 is 4.74 Å². The fourth-order valence-corrected chi connectivity index (χ4v) is 3.72. The predicted octanol–water partition coefficient (Wildman–Crippen LogP) is 3.55. The van der Waals surface area contributed by atoms with Crippen molar-refractivity contribution in [3.63, 3.8) is 0 Å². The number of piperidine rings is 1. The number of hydrogen-bond donors (Lipinski definition) is 0. The lowest BCUT2D eigenvalue weighted by atomic mass is 9.74. The van der Waals surface area contributed by atoms with Crippen LogP contribution in [-0.4, -0.2) is 42.6 Å². The van der Waals surface area contributed by atoms with E-state index in [0.29, 0.717) is 19.5 Å². The lowest BCUT2D eigenvalue weighted by Crippen LogP contribution is -2.46. The van der Waals surface area contributed by atoms with Crippen LogP contribution in [0.25, 0.3) is 0 Å². The van der Waals surface area contributed by atoms with Crippen molar-refractivity contribution in [3.8, 4) is 5.75 Å². The fraction of sp³-hybridized carbons (Fsp3) is 0.579. The van der Waals surface area contributed by atoms with E-state index in [0.717, 1.165) is 29.7 Å². The molecule has 0 radical (unpaired) electrons. The first-order chi connectivity index (χ1) is 11.2. The van der Waals surface area contributed by atoms with Crippen molar-refractivity contribution in [2.45, 2.75) is 51.0 Å². The first kappa shape index (κ1) is 16.8. The number of fused-ring (bicyclic) bond motifs is 2. The summed E-state index contributed by atoms with van der Waals surface area (Å²) in [6.07, 6.45) is 1.81.